The summed E-state index contributed by atoms with van der Waals surface area (Å²) in [5.41, 5.74) is 1.06. The quantitative estimate of drug-likeness (QED) is 0.427. The van der Waals surface area contributed by atoms with Crippen molar-refractivity contribution in [3.8, 4) is 0 Å². The second-order valence-electron chi connectivity index (χ2n) is 13.1. The number of hydrogen-bond donors (Lipinski definition) is 0. The first-order valence-electron chi connectivity index (χ1n) is 13.7. The lowest BCUT2D eigenvalue weighted by Crippen LogP contribution is -2.53. The molecule has 1 nitrogen and oxygen atoms in total. The van der Waals surface area contributed by atoms with Crippen molar-refractivity contribution in [3.63, 3.8) is 0 Å². The standard InChI is InChI=1S/C29H50O/c1-7-21(19(2)3)9-8-20(4)25-12-13-26-24-11-10-22-18-23(30)14-16-28(22,5)27(24)15-17-29(25,26)6/h19-22,24-27H,7-18H2,1-6H3/t20-,21-,22+,24+,25-,26+,27+,28+,29-/m1/s1. The van der Waals surface area contributed by atoms with Gasteiger partial charge in [-0.25, -0.2) is 0 Å². The number of fused-ring (bicyclic) bond motifs is 5. The van der Waals surface area contributed by atoms with Gasteiger partial charge in [-0.1, -0.05) is 54.4 Å². The molecule has 0 heterocycles. The van der Waals surface area contributed by atoms with E-state index in [-0.39, 0.29) is 0 Å². The molecule has 4 fully saturated rings. The van der Waals surface area contributed by atoms with Crippen LogP contribution in [-0.2, 0) is 4.79 Å². The summed E-state index contributed by atoms with van der Waals surface area (Å²) in [7, 11) is 0. The molecule has 0 aromatic carbocycles. The van der Waals surface area contributed by atoms with Gasteiger partial charge in [0.05, 0.1) is 0 Å². The number of hydrogen-bond acceptors (Lipinski definition) is 1. The third-order valence-corrected chi connectivity index (χ3v) is 11.7. The van der Waals surface area contributed by atoms with Gasteiger partial charge in [0.1, 0.15) is 5.78 Å². The van der Waals surface area contributed by atoms with E-state index in [2.05, 4.69) is 41.5 Å². The van der Waals surface area contributed by atoms with E-state index in [9.17, 15) is 4.79 Å². The van der Waals surface area contributed by atoms with Gasteiger partial charge in [-0.05, 0) is 110 Å². The van der Waals surface area contributed by atoms with Crippen molar-refractivity contribution < 1.29 is 4.79 Å². The van der Waals surface area contributed by atoms with Crippen molar-refractivity contribution in [2.45, 2.75) is 119 Å². The van der Waals surface area contributed by atoms with Crippen LogP contribution in [0.25, 0.3) is 0 Å². The lowest BCUT2D eigenvalue weighted by atomic mass is 9.44. The van der Waals surface area contributed by atoms with Crippen molar-refractivity contribution in [1.29, 1.82) is 0 Å². The maximum atomic E-state index is 12.1. The van der Waals surface area contributed by atoms with E-state index in [1.807, 2.05) is 0 Å². The predicted octanol–water partition coefficient (Wildman–Crippen LogP) is 8.31. The van der Waals surface area contributed by atoms with Gasteiger partial charge in [0.25, 0.3) is 0 Å². The molecule has 30 heavy (non-hydrogen) atoms. The fraction of sp³-hybridized carbons (Fsp3) is 0.966. The molecule has 0 aromatic rings. The molecule has 0 aliphatic heterocycles. The lowest BCUT2D eigenvalue weighted by Gasteiger charge is -2.60. The van der Waals surface area contributed by atoms with Crippen molar-refractivity contribution in [2.75, 3.05) is 0 Å². The molecular weight excluding hydrogens is 364 g/mol. The number of ketones is 1. The van der Waals surface area contributed by atoms with E-state index >= 15 is 0 Å². The summed E-state index contributed by atoms with van der Waals surface area (Å²) in [5, 5.41) is 0. The van der Waals surface area contributed by atoms with E-state index < -0.39 is 0 Å². The highest BCUT2D eigenvalue weighted by atomic mass is 16.1. The molecule has 0 spiro atoms. The Morgan fingerprint density at radius 3 is 2.33 bits per heavy atom. The van der Waals surface area contributed by atoms with Crippen molar-refractivity contribution in [3.05, 3.63) is 0 Å². The zero-order valence-electron chi connectivity index (χ0n) is 21.0. The predicted molar refractivity (Wildman–Crippen MR) is 127 cm³/mol. The second kappa shape index (κ2) is 8.55. The van der Waals surface area contributed by atoms with E-state index in [4.69, 9.17) is 0 Å². The van der Waals surface area contributed by atoms with Gasteiger partial charge in [0, 0.05) is 12.8 Å². The maximum absolute atomic E-state index is 12.1. The molecule has 0 radical (unpaired) electrons. The monoisotopic (exact) mass is 414 g/mol. The molecule has 4 aliphatic rings. The molecule has 0 bridgehead atoms. The van der Waals surface area contributed by atoms with Gasteiger partial charge >= 0.3 is 0 Å². The first-order chi connectivity index (χ1) is 14.2. The summed E-state index contributed by atoms with van der Waals surface area (Å²) in [5.74, 6) is 7.67. The Kier molecular flexibility index (Phi) is 6.51. The number of rotatable bonds is 6. The summed E-state index contributed by atoms with van der Waals surface area (Å²) < 4.78 is 0. The van der Waals surface area contributed by atoms with Crippen LogP contribution >= 0.6 is 0 Å². The first kappa shape index (κ1) is 22.8. The smallest absolute Gasteiger partial charge is 0.133 e. The zero-order valence-corrected chi connectivity index (χ0v) is 21.0. The molecule has 4 aliphatic carbocycles. The van der Waals surface area contributed by atoms with Crippen LogP contribution < -0.4 is 0 Å². The molecule has 9 atom stereocenters. The minimum absolute atomic E-state index is 0.466. The van der Waals surface area contributed by atoms with Crippen molar-refractivity contribution in [2.24, 2.45) is 58.2 Å². The van der Waals surface area contributed by atoms with Crippen LogP contribution in [0.4, 0.5) is 0 Å². The summed E-state index contributed by atoms with van der Waals surface area (Å²) in [6.07, 6.45) is 15.8. The summed E-state index contributed by atoms with van der Waals surface area (Å²) in [4.78, 5) is 12.1. The maximum Gasteiger partial charge on any atom is 0.133 e. The second-order valence-corrected chi connectivity index (χ2v) is 13.1. The van der Waals surface area contributed by atoms with Crippen LogP contribution in [0.15, 0.2) is 0 Å². The molecule has 4 saturated carbocycles. The van der Waals surface area contributed by atoms with Crippen LogP contribution in [-0.4, -0.2) is 5.78 Å². The average molecular weight is 415 g/mol. The number of Topliss-reactive ketones (excluding diaryl/α,β-unsaturated/α-hetero) is 1. The fourth-order valence-electron chi connectivity index (χ4n) is 9.71. The van der Waals surface area contributed by atoms with Gasteiger partial charge < -0.3 is 0 Å². The van der Waals surface area contributed by atoms with E-state index in [0.29, 0.717) is 22.5 Å². The molecule has 172 valence electrons. The van der Waals surface area contributed by atoms with Gasteiger partial charge in [-0.2, -0.15) is 0 Å². The SMILES string of the molecule is CC[C@H](CC[C@@H](C)[C@H]1CC[C@H]2[C@@H]3CC[C@H]4CC(=O)CC[C@]4(C)[C@H]3CC[C@]12C)C(C)C. The molecule has 1 heteroatoms. The van der Waals surface area contributed by atoms with Crippen LogP contribution in [0.3, 0.4) is 0 Å². The number of carbonyl (C=O) groups is 1. The van der Waals surface area contributed by atoms with Gasteiger partial charge in [0.2, 0.25) is 0 Å². The molecular formula is C29H50O. The number of carbonyl (C=O) groups excluding carboxylic acids is 1. The van der Waals surface area contributed by atoms with Crippen LogP contribution in [0.1, 0.15) is 119 Å². The van der Waals surface area contributed by atoms with Gasteiger partial charge in [-0.3, -0.25) is 4.79 Å². The van der Waals surface area contributed by atoms with Gasteiger partial charge in [-0.15, -0.1) is 0 Å². The average Bonchev–Trinajstić information content (AvgIpc) is 3.06. The first-order valence-corrected chi connectivity index (χ1v) is 13.7. The van der Waals surface area contributed by atoms with E-state index in [0.717, 1.165) is 54.3 Å². The molecule has 0 unspecified atom stereocenters. The topological polar surface area (TPSA) is 17.1 Å². The van der Waals surface area contributed by atoms with Crippen molar-refractivity contribution >= 4 is 5.78 Å². The molecule has 0 amide bonds. The minimum atomic E-state index is 0.466. The van der Waals surface area contributed by atoms with Gasteiger partial charge in [0.15, 0.2) is 0 Å². The zero-order chi connectivity index (χ0) is 21.7. The molecule has 0 N–H and O–H groups in total. The highest BCUT2D eigenvalue weighted by Crippen LogP contribution is 2.68. The largest absolute Gasteiger partial charge is 0.300 e. The minimum Gasteiger partial charge on any atom is -0.300 e. The molecule has 0 saturated heterocycles. The summed E-state index contributed by atoms with van der Waals surface area (Å²) in [6.45, 7) is 15.1. The molecule has 0 aromatic heterocycles. The Balaban J connectivity index is 1.45. The van der Waals surface area contributed by atoms with Crippen LogP contribution in [0.2, 0.25) is 0 Å². The van der Waals surface area contributed by atoms with Crippen LogP contribution in [0, 0.1) is 58.2 Å². The fourth-order valence-corrected chi connectivity index (χ4v) is 9.71. The van der Waals surface area contributed by atoms with Crippen LogP contribution in [0.5, 0.6) is 0 Å². The Morgan fingerprint density at radius 1 is 0.900 bits per heavy atom. The Hall–Kier alpha value is -0.330. The highest BCUT2D eigenvalue weighted by molar-refractivity contribution is 5.79. The Bertz CT molecular complexity index is 622. The summed E-state index contributed by atoms with van der Waals surface area (Å²) >= 11 is 0. The third-order valence-electron chi connectivity index (χ3n) is 11.7. The third kappa shape index (κ3) is 3.73. The summed E-state index contributed by atoms with van der Waals surface area (Å²) in [6, 6.07) is 0. The molecule has 4 rings (SSSR count). The van der Waals surface area contributed by atoms with Crippen molar-refractivity contribution in [1.82, 2.24) is 0 Å². The van der Waals surface area contributed by atoms with E-state index in [1.165, 1.54) is 64.2 Å². The Labute approximate surface area is 187 Å². The normalized spacial score (nSPS) is 45.6. The van der Waals surface area contributed by atoms with E-state index in [1.54, 1.807) is 0 Å². The lowest BCUT2D eigenvalue weighted by molar-refractivity contribution is -0.140. The Morgan fingerprint density at radius 2 is 1.63 bits per heavy atom. The highest BCUT2D eigenvalue weighted by Gasteiger charge is 2.60.